The molecule has 0 bridgehead atoms. The minimum Gasteiger partial charge on any atom is -0.497 e. The van der Waals surface area contributed by atoms with E-state index in [0.717, 1.165) is 22.3 Å². The number of carbonyl (C=O) groups excluding carboxylic acids is 2. The first-order valence-electron chi connectivity index (χ1n) is 29.8. The summed E-state index contributed by atoms with van der Waals surface area (Å²) in [6, 6.07) is 30.6. The fourth-order valence-electron chi connectivity index (χ4n) is 12.4. The number of methoxy groups -OCH3 is 8. The van der Waals surface area contributed by atoms with Crippen molar-refractivity contribution in [3.05, 3.63) is 142 Å². The normalized spacial score (nSPS) is 19.5. The quantitative estimate of drug-likeness (QED) is 0.0364. The van der Waals surface area contributed by atoms with Crippen LogP contribution in [0.15, 0.2) is 97.1 Å². The lowest BCUT2D eigenvalue weighted by Gasteiger charge is -2.29. The number of hydrogen-bond acceptors (Lipinski definition) is 22. The molecule has 0 radical (unpaired) electrons. The Morgan fingerprint density at radius 1 is 0.330 bits per heavy atom. The van der Waals surface area contributed by atoms with E-state index in [1.807, 2.05) is 97.1 Å². The molecule has 11 rings (SSSR count). The van der Waals surface area contributed by atoms with Crippen molar-refractivity contribution in [1.29, 1.82) is 0 Å². The van der Waals surface area contributed by atoms with Gasteiger partial charge in [-0.05, 0) is 72.8 Å². The summed E-state index contributed by atoms with van der Waals surface area (Å²) in [6.45, 7) is 8.72. The van der Waals surface area contributed by atoms with Gasteiger partial charge in [0.2, 0.25) is 0 Å². The lowest BCUT2D eigenvalue weighted by atomic mass is 9.80. The Morgan fingerprint density at radius 2 is 0.523 bits per heavy atom. The molecule has 6 aromatic carbocycles. The molecular formula is C66H80N8O14. The van der Waals surface area contributed by atoms with Gasteiger partial charge in [-0.25, -0.2) is 0 Å². The summed E-state index contributed by atoms with van der Waals surface area (Å²) >= 11 is 0. The monoisotopic (exact) mass is 1210 g/mol. The van der Waals surface area contributed by atoms with Crippen LogP contribution in [0.2, 0.25) is 0 Å². The Morgan fingerprint density at radius 3 is 0.705 bits per heavy atom. The summed E-state index contributed by atoms with van der Waals surface area (Å²) in [7, 11) is 13.0. The number of carbonyl (C=O) groups is 2. The lowest BCUT2D eigenvalue weighted by molar-refractivity contribution is 0.0343. The molecule has 4 aliphatic heterocycles. The Bertz CT molecular complexity index is 2910. The van der Waals surface area contributed by atoms with Crippen LogP contribution >= 0.6 is 0 Å². The number of fused-ring (bicyclic) bond motifs is 2. The van der Waals surface area contributed by atoms with E-state index in [9.17, 15) is 0 Å². The van der Waals surface area contributed by atoms with E-state index in [-0.39, 0.29) is 58.7 Å². The number of nitrogens with zero attached hydrogens (tertiary/aromatic N) is 4. The van der Waals surface area contributed by atoms with Gasteiger partial charge in [-0.15, -0.1) is 0 Å². The SMILES string of the molecule is COc1cc(OC)cc(C2OCCN2CCNc2ccc(NCCN3CCOC3c3cc(OC)cc(OC)c3)c3c2C(=O)c2c(NCCN4CCOC4c4cc(OC)cc(OC)c4)ccc(NCCN4CCOC4c4cc(OC)cc(OC)c4)c2C3=O)c1. The van der Waals surface area contributed by atoms with E-state index in [0.29, 0.717) is 174 Å². The second-order valence-electron chi connectivity index (χ2n) is 21.8. The Hall–Kier alpha value is -8.06. The Labute approximate surface area is 514 Å². The van der Waals surface area contributed by atoms with Crippen LogP contribution in [0.4, 0.5) is 22.7 Å². The van der Waals surface area contributed by atoms with Gasteiger partial charge in [0, 0.05) is 148 Å². The van der Waals surface area contributed by atoms with Crippen LogP contribution in [0, 0.1) is 0 Å². The van der Waals surface area contributed by atoms with E-state index in [1.54, 1.807) is 56.9 Å². The number of rotatable bonds is 28. The van der Waals surface area contributed by atoms with Gasteiger partial charge in [0.25, 0.3) is 0 Å². The van der Waals surface area contributed by atoms with Crippen LogP contribution in [0.1, 0.15) is 79.0 Å². The minimum atomic E-state index is -0.359. The summed E-state index contributed by atoms with van der Waals surface area (Å²) in [5.41, 5.74) is 6.88. The number of ketones is 2. The van der Waals surface area contributed by atoms with Gasteiger partial charge < -0.3 is 78.1 Å². The molecule has 88 heavy (non-hydrogen) atoms. The zero-order valence-electron chi connectivity index (χ0n) is 51.4. The zero-order valence-corrected chi connectivity index (χ0v) is 51.4. The Balaban J connectivity index is 0.908. The predicted octanol–water partition coefficient (Wildman–Crippen LogP) is 8.30. The van der Waals surface area contributed by atoms with Gasteiger partial charge in [-0.1, -0.05) is 0 Å². The van der Waals surface area contributed by atoms with Crippen molar-refractivity contribution in [3.63, 3.8) is 0 Å². The first-order valence-corrected chi connectivity index (χ1v) is 29.8. The predicted molar refractivity (Wildman–Crippen MR) is 333 cm³/mol. The van der Waals surface area contributed by atoms with Gasteiger partial charge in [0.15, 0.2) is 11.6 Å². The van der Waals surface area contributed by atoms with Crippen LogP contribution in [-0.4, -0.2) is 193 Å². The molecule has 4 N–H and O–H groups in total. The lowest BCUT2D eigenvalue weighted by Crippen LogP contribution is -2.33. The highest BCUT2D eigenvalue weighted by molar-refractivity contribution is 6.35. The summed E-state index contributed by atoms with van der Waals surface area (Å²) in [5.74, 6) is 4.70. The maximum Gasteiger partial charge on any atom is 0.198 e. The molecule has 22 heteroatoms. The van der Waals surface area contributed by atoms with Gasteiger partial charge in [-0.2, -0.15) is 0 Å². The van der Waals surface area contributed by atoms with Crippen molar-refractivity contribution < 1.29 is 66.4 Å². The Kier molecular flexibility index (Phi) is 19.9. The molecule has 6 aromatic rings. The maximum atomic E-state index is 16.0. The summed E-state index contributed by atoms with van der Waals surface area (Å²) in [6.07, 6.45) is -1.44. The van der Waals surface area contributed by atoms with Crippen molar-refractivity contribution in [1.82, 2.24) is 19.6 Å². The fraction of sp³-hybridized carbons (Fsp3) is 0.424. The molecule has 5 aliphatic rings. The molecule has 468 valence electrons. The van der Waals surface area contributed by atoms with Crippen LogP contribution in [0.5, 0.6) is 46.0 Å². The average Bonchev–Trinajstić information content (AvgIpc) is 1.03. The molecule has 0 spiro atoms. The molecule has 4 heterocycles. The molecule has 4 saturated heterocycles. The third kappa shape index (κ3) is 13.3. The fourth-order valence-corrected chi connectivity index (χ4v) is 12.4. The van der Waals surface area contributed by atoms with E-state index >= 15 is 9.59 Å². The number of benzene rings is 6. The third-order valence-corrected chi connectivity index (χ3v) is 16.8. The van der Waals surface area contributed by atoms with Crippen molar-refractivity contribution in [3.8, 4) is 46.0 Å². The summed E-state index contributed by atoms with van der Waals surface area (Å²) in [5, 5.41) is 14.5. The van der Waals surface area contributed by atoms with Crippen LogP contribution < -0.4 is 59.2 Å². The van der Waals surface area contributed by atoms with E-state index < -0.39 is 0 Å². The first kappa shape index (κ1) is 61.6. The molecule has 0 aromatic heterocycles. The molecule has 0 amide bonds. The molecule has 4 unspecified atom stereocenters. The van der Waals surface area contributed by atoms with Crippen LogP contribution in [-0.2, 0) is 18.9 Å². The largest absolute Gasteiger partial charge is 0.497 e. The van der Waals surface area contributed by atoms with Gasteiger partial charge >= 0.3 is 0 Å². The maximum absolute atomic E-state index is 16.0. The second-order valence-corrected chi connectivity index (χ2v) is 21.8. The van der Waals surface area contributed by atoms with Gasteiger partial charge in [0.05, 0.1) is 106 Å². The topological polar surface area (TPSA) is 206 Å². The van der Waals surface area contributed by atoms with Gasteiger partial charge in [0.1, 0.15) is 70.9 Å². The number of anilines is 4. The van der Waals surface area contributed by atoms with Crippen LogP contribution in [0.3, 0.4) is 0 Å². The number of ether oxygens (including phenoxy) is 12. The van der Waals surface area contributed by atoms with Crippen molar-refractivity contribution >= 4 is 34.3 Å². The van der Waals surface area contributed by atoms with E-state index in [4.69, 9.17) is 56.8 Å². The van der Waals surface area contributed by atoms with Gasteiger partial charge in [-0.3, -0.25) is 29.2 Å². The second kappa shape index (κ2) is 28.4. The molecular weight excluding hydrogens is 1130 g/mol. The van der Waals surface area contributed by atoms with Crippen molar-refractivity contribution in [2.45, 2.75) is 24.9 Å². The number of nitrogens with one attached hydrogen (secondary N) is 4. The molecule has 1 aliphatic carbocycles. The molecule has 4 fully saturated rings. The highest BCUT2D eigenvalue weighted by atomic mass is 16.5. The standard InChI is InChI=1S/C66H80N8O14/c1-77-45-29-41(30-46(37-45)78-2)63-71(21-25-85-63)17-13-67-53-9-10-54(68-14-18-72-22-26-86-64(72)42-31-47(79-3)38-48(32-42)80-4)58-57(53)61(75)59-55(69-15-19-73-23-27-87-65(73)43-33-49(81-5)39-50(34-43)82-6)11-12-56(60(59)62(58)76)70-16-20-74-24-28-88-66(74)44-35-51(83-7)40-52(36-44)84-8/h9-12,29-40,63-70H,13-28H2,1-8H3. The van der Waals surface area contributed by atoms with E-state index in [2.05, 4.69) is 40.9 Å². The van der Waals surface area contributed by atoms with Crippen LogP contribution in [0.25, 0.3) is 0 Å². The number of hydrogen-bond donors (Lipinski definition) is 4. The molecule has 22 nitrogen and oxygen atoms in total. The summed E-state index contributed by atoms with van der Waals surface area (Å²) < 4.78 is 70.1. The van der Waals surface area contributed by atoms with E-state index in [1.165, 1.54) is 0 Å². The average molecular weight is 1210 g/mol. The zero-order chi connectivity index (χ0) is 61.3. The first-order chi connectivity index (χ1) is 43.0. The third-order valence-electron chi connectivity index (χ3n) is 16.8. The summed E-state index contributed by atoms with van der Waals surface area (Å²) in [4.78, 5) is 41.0. The highest BCUT2D eigenvalue weighted by Gasteiger charge is 2.39. The highest BCUT2D eigenvalue weighted by Crippen LogP contribution is 2.44. The van der Waals surface area contributed by atoms with Crippen molar-refractivity contribution in [2.24, 2.45) is 0 Å². The molecule has 0 saturated carbocycles. The smallest absolute Gasteiger partial charge is 0.198 e. The van der Waals surface area contributed by atoms with Crippen molar-refractivity contribution in [2.75, 3.05) is 183 Å². The molecule has 4 atom stereocenters. The minimum absolute atomic E-state index is 0.283.